The molecule has 0 unspecified atom stereocenters. The van der Waals surface area contributed by atoms with Crippen LogP contribution in [0.3, 0.4) is 0 Å². The van der Waals surface area contributed by atoms with Gasteiger partial charge in [0, 0.05) is 31.8 Å². The molecule has 3 aromatic rings. The first-order valence-corrected chi connectivity index (χ1v) is 8.36. The van der Waals surface area contributed by atoms with E-state index in [9.17, 15) is 4.79 Å². The first-order chi connectivity index (χ1) is 11.6. The molecule has 0 atom stereocenters. The maximum Gasteiger partial charge on any atom is 0.220 e. The summed E-state index contributed by atoms with van der Waals surface area (Å²) in [6.45, 7) is 4.75. The second kappa shape index (κ2) is 7.30. The Hall–Kier alpha value is -2.62. The first-order valence-electron chi connectivity index (χ1n) is 8.36. The third-order valence-electron chi connectivity index (χ3n) is 4.13. The Labute approximate surface area is 142 Å². The third kappa shape index (κ3) is 4.22. The molecule has 24 heavy (non-hydrogen) atoms. The number of pyridine rings is 1. The van der Waals surface area contributed by atoms with Crippen molar-refractivity contribution in [1.29, 1.82) is 0 Å². The van der Waals surface area contributed by atoms with Gasteiger partial charge in [0.05, 0.1) is 5.69 Å². The van der Waals surface area contributed by atoms with Gasteiger partial charge in [0.15, 0.2) is 0 Å². The van der Waals surface area contributed by atoms with Crippen LogP contribution in [0.25, 0.3) is 5.65 Å². The van der Waals surface area contributed by atoms with Crippen LogP contribution in [0.4, 0.5) is 0 Å². The van der Waals surface area contributed by atoms with Crippen LogP contribution in [0.1, 0.15) is 28.8 Å². The van der Waals surface area contributed by atoms with Crippen LogP contribution >= 0.6 is 0 Å². The number of aryl methyl sites for hydroxylation is 3. The molecule has 1 N–H and O–H groups in total. The summed E-state index contributed by atoms with van der Waals surface area (Å²) in [6.07, 6.45) is 6.08. The molecular weight excluding hydrogens is 298 g/mol. The smallest absolute Gasteiger partial charge is 0.220 e. The number of aromatic nitrogens is 2. The van der Waals surface area contributed by atoms with Gasteiger partial charge in [-0.1, -0.05) is 29.8 Å². The number of fused-ring (bicyclic) bond motifs is 1. The maximum atomic E-state index is 12.0. The Bertz CT molecular complexity index is 834. The highest BCUT2D eigenvalue weighted by molar-refractivity contribution is 5.76. The summed E-state index contributed by atoms with van der Waals surface area (Å²) in [5, 5.41) is 2.98. The molecule has 0 saturated carbocycles. The number of benzene rings is 1. The van der Waals surface area contributed by atoms with Crippen molar-refractivity contribution < 1.29 is 4.79 Å². The fourth-order valence-electron chi connectivity index (χ4n) is 2.69. The van der Waals surface area contributed by atoms with Gasteiger partial charge in [-0.15, -0.1) is 0 Å². The average molecular weight is 321 g/mol. The Balaban J connectivity index is 1.44. The molecule has 4 heteroatoms. The van der Waals surface area contributed by atoms with Crippen LogP contribution in [0.15, 0.2) is 48.8 Å². The van der Waals surface area contributed by atoms with E-state index in [-0.39, 0.29) is 5.91 Å². The van der Waals surface area contributed by atoms with Gasteiger partial charge in [0.2, 0.25) is 5.91 Å². The summed E-state index contributed by atoms with van der Waals surface area (Å²) < 4.78 is 2.02. The monoisotopic (exact) mass is 321 g/mol. The lowest BCUT2D eigenvalue weighted by molar-refractivity contribution is -0.121. The Kier molecular flexibility index (Phi) is 4.94. The van der Waals surface area contributed by atoms with Crippen molar-refractivity contribution in [1.82, 2.24) is 14.7 Å². The van der Waals surface area contributed by atoms with Crippen molar-refractivity contribution in [3.8, 4) is 0 Å². The van der Waals surface area contributed by atoms with E-state index in [0.717, 1.165) is 24.2 Å². The van der Waals surface area contributed by atoms with Crippen molar-refractivity contribution in [3.05, 3.63) is 71.2 Å². The van der Waals surface area contributed by atoms with Crippen LogP contribution in [0.2, 0.25) is 0 Å². The van der Waals surface area contributed by atoms with Crippen molar-refractivity contribution >= 4 is 11.6 Å². The van der Waals surface area contributed by atoms with Gasteiger partial charge < -0.3 is 9.72 Å². The summed E-state index contributed by atoms with van der Waals surface area (Å²) in [5.74, 6) is 0.0928. The number of hydrogen-bond donors (Lipinski definition) is 1. The molecule has 0 saturated heterocycles. The summed E-state index contributed by atoms with van der Waals surface area (Å²) in [7, 11) is 0. The van der Waals surface area contributed by atoms with Gasteiger partial charge in [-0.05, 0) is 43.5 Å². The highest BCUT2D eigenvalue weighted by Crippen LogP contribution is 2.08. The predicted molar refractivity (Wildman–Crippen MR) is 96.1 cm³/mol. The van der Waals surface area contributed by atoms with E-state index in [0.29, 0.717) is 13.0 Å². The van der Waals surface area contributed by atoms with Crippen molar-refractivity contribution in [2.75, 3.05) is 6.54 Å². The Morgan fingerprint density at radius 3 is 2.67 bits per heavy atom. The minimum Gasteiger partial charge on any atom is -0.356 e. The topological polar surface area (TPSA) is 46.4 Å². The van der Waals surface area contributed by atoms with E-state index < -0.39 is 0 Å². The van der Waals surface area contributed by atoms with Gasteiger partial charge in [0.25, 0.3) is 0 Å². The summed E-state index contributed by atoms with van der Waals surface area (Å²) in [6, 6.07) is 12.5. The van der Waals surface area contributed by atoms with Crippen LogP contribution < -0.4 is 5.32 Å². The number of nitrogens with one attached hydrogen (secondary N) is 1. The molecule has 0 radical (unpaired) electrons. The van der Waals surface area contributed by atoms with Crippen molar-refractivity contribution in [3.63, 3.8) is 0 Å². The normalized spacial score (nSPS) is 10.9. The predicted octanol–water partition coefficient (Wildman–Crippen LogP) is 3.24. The first kappa shape index (κ1) is 16.2. The third-order valence-corrected chi connectivity index (χ3v) is 4.13. The number of amides is 1. The van der Waals surface area contributed by atoms with E-state index in [4.69, 9.17) is 0 Å². The van der Waals surface area contributed by atoms with Gasteiger partial charge in [-0.3, -0.25) is 4.79 Å². The van der Waals surface area contributed by atoms with Gasteiger partial charge in [-0.25, -0.2) is 4.98 Å². The summed E-state index contributed by atoms with van der Waals surface area (Å²) in [5.41, 5.74) is 5.59. The second-order valence-electron chi connectivity index (χ2n) is 6.29. The Morgan fingerprint density at radius 2 is 1.88 bits per heavy atom. The maximum absolute atomic E-state index is 12.0. The number of hydrogen-bond acceptors (Lipinski definition) is 2. The summed E-state index contributed by atoms with van der Waals surface area (Å²) in [4.78, 5) is 16.5. The lowest BCUT2D eigenvalue weighted by Crippen LogP contribution is -2.25. The number of imidazole rings is 1. The van der Waals surface area contributed by atoms with Gasteiger partial charge in [-0.2, -0.15) is 0 Å². The van der Waals surface area contributed by atoms with Crippen LogP contribution in [-0.4, -0.2) is 21.8 Å². The van der Waals surface area contributed by atoms with Crippen molar-refractivity contribution in [2.24, 2.45) is 0 Å². The molecule has 0 aliphatic carbocycles. The molecule has 0 bridgehead atoms. The molecule has 1 aromatic carbocycles. The molecule has 0 aliphatic heterocycles. The average Bonchev–Trinajstić information content (AvgIpc) is 2.96. The quantitative estimate of drug-likeness (QED) is 0.757. The number of carbonyl (C=O) groups excluding carboxylic acids is 1. The highest BCUT2D eigenvalue weighted by atomic mass is 16.1. The molecule has 2 aromatic heterocycles. The largest absolute Gasteiger partial charge is 0.356 e. The fourth-order valence-corrected chi connectivity index (χ4v) is 2.69. The van der Waals surface area contributed by atoms with Gasteiger partial charge in [0.1, 0.15) is 5.65 Å². The summed E-state index contributed by atoms with van der Waals surface area (Å²) >= 11 is 0. The van der Waals surface area contributed by atoms with Crippen LogP contribution in [-0.2, 0) is 17.6 Å². The van der Waals surface area contributed by atoms with E-state index in [2.05, 4.69) is 60.5 Å². The zero-order valence-electron chi connectivity index (χ0n) is 14.2. The standard InChI is InChI=1S/C20H23N3O/c1-15-3-5-17(6-4-15)7-8-20(24)21-11-9-18-14-23-12-10-16(2)13-19(23)22-18/h3-6,10,12-14H,7-9,11H2,1-2H3,(H,21,24). The molecule has 0 fully saturated rings. The second-order valence-corrected chi connectivity index (χ2v) is 6.29. The zero-order valence-corrected chi connectivity index (χ0v) is 14.2. The Morgan fingerprint density at radius 1 is 1.08 bits per heavy atom. The van der Waals surface area contributed by atoms with Crippen molar-refractivity contribution in [2.45, 2.75) is 33.1 Å². The molecule has 0 spiro atoms. The molecule has 0 aliphatic rings. The minimum absolute atomic E-state index is 0.0928. The molecule has 4 nitrogen and oxygen atoms in total. The van der Waals surface area contributed by atoms with Crippen LogP contribution in [0, 0.1) is 13.8 Å². The number of nitrogens with zero attached hydrogens (tertiary/aromatic N) is 2. The molecular formula is C20H23N3O. The molecule has 3 rings (SSSR count). The lowest BCUT2D eigenvalue weighted by atomic mass is 10.1. The van der Waals surface area contributed by atoms with E-state index in [1.54, 1.807) is 0 Å². The number of rotatable bonds is 6. The SMILES string of the molecule is Cc1ccc(CCC(=O)NCCc2cn3ccc(C)cc3n2)cc1. The number of carbonyl (C=O) groups is 1. The minimum atomic E-state index is 0.0928. The molecule has 1 amide bonds. The van der Waals surface area contributed by atoms with E-state index in [1.807, 2.05) is 16.8 Å². The zero-order chi connectivity index (χ0) is 16.9. The van der Waals surface area contributed by atoms with Gasteiger partial charge >= 0.3 is 0 Å². The molecule has 2 heterocycles. The van der Waals surface area contributed by atoms with E-state index in [1.165, 1.54) is 16.7 Å². The van der Waals surface area contributed by atoms with E-state index >= 15 is 0 Å². The van der Waals surface area contributed by atoms with Crippen LogP contribution in [0.5, 0.6) is 0 Å². The molecule has 124 valence electrons. The lowest BCUT2D eigenvalue weighted by Gasteiger charge is -2.04. The highest BCUT2D eigenvalue weighted by Gasteiger charge is 2.05. The fraction of sp³-hybridized carbons (Fsp3) is 0.300.